The van der Waals surface area contributed by atoms with E-state index < -0.39 is 23.5 Å². The van der Waals surface area contributed by atoms with Crippen LogP contribution in [-0.2, 0) is 19.4 Å². The van der Waals surface area contributed by atoms with Gasteiger partial charge in [-0.05, 0) is 35.6 Å². The number of nitrogens with zero attached hydrogens (tertiary/aromatic N) is 4. The molecule has 0 aliphatic heterocycles. The van der Waals surface area contributed by atoms with E-state index in [1.165, 1.54) is 30.1 Å². The van der Waals surface area contributed by atoms with Gasteiger partial charge in [0.15, 0.2) is 11.5 Å². The van der Waals surface area contributed by atoms with Gasteiger partial charge in [0.25, 0.3) is 0 Å². The first-order valence-electron chi connectivity index (χ1n) is 9.69. The van der Waals surface area contributed by atoms with Crippen LogP contribution in [0.3, 0.4) is 0 Å². The van der Waals surface area contributed by atoms with E-state index in [9.17, 15) is 26.3 Å². The van der Waals surface area contributed by atoms with Crippen molar-refractivity contribution in [2.45, 2.75) is 24.2 Å². The van der Waals surface area contributed by atoms with Gasteiger partial charge in [-0.3, -0.25) is 4.98 Å². The number of halogens is 6. The number of rotatable bonds is 4. The summed E-state index contributed by atoms with van der Waals surface area (Å²) in [6.07, 6.45) is -6.70. The molecule has 0 atom stereocenters. The highest BCUT2D eigenvalue weighted by molar-refractivity contribution is 7.99. The lowest BCUT2D eigenvalue weighted by molar-refractivity contribution is -0.138. The van der Waals surface area contributed by atoms with Gasteiger partial charge < -0.3 is 4.57 Å². The maximum Gasteiger partial charge on any atom is 0.417 e. The number of aryl methyl sites for hydroxylation is 1. The third-order valence-electron chi connectivity index (χ3n) is 4.95. The highest BCUT2D eigenvalue weighted by atomic mass is 32.2. The maximum absolute atomic E-state index is 13.1. The Bertz CT molecular complexity index is 1310. The van der Waals surface area contributed by atoms with Gasteiger partial charge in [0.05, 0.1) is 11.1 Å². The zero-order valence-electron chi connectivity index (χ0n) is 17.3. The van der Waals surface area contributed by atoms with E-state index in [-0.39, 0.29) is 11.2 Å². The standard InChI is InChI=1S/C22H16F6N4S/c1-3-33-17-8-13(12-4-6-14(7-5-12)21(23,24)25)10-29-18(17)20-31-16-9-15(22(26,27)28)11-30-19(16)32(20)2/h4-11H,3H2,1-2H3. The summed E-state index contributed by atoms with van der Waals surface area (Å²) in [4.78, 5) is 13.4. The van der Waals surface area contributed by atoms with Crippen LogP contribution in [0.1, 0.15) is 18.1 Å². The molecule has 11 heteroatoms. The SMILES string of the molecule is CCSc1cc(-c2ccc(C(F)(F)F)cc2)cnc1-c1nc2cc(C(F)(F)F)cnc2n1C. The molecule has 0 saturated carbocycles. The predicted molar refractivity (Wildman–Crippen MR) is 114 cm³/mol. The largest absolute Gasteiger partial charge is 0.417 e. The molecule has 4 nitrogen and oxygen atoms in total. The summed E-state index contributed by atoms with van der Waals surface area (Å²) in [5, 5.41) is 0. The second kappa shape index (κ2) is 8.36. The fourth-order valence-electron chi connectivity index (χ4n) is 3.33. The van der Waals surface area contributed by atoms with Crippen molar-refractivity contribution in [3.8, 4) is 22.6 Å². The Hall–Kier alpha value is -3.08. The van der Waals surface area contributed by atoms with Crippen molar-refractivity contribution >= 4 is 22.9 Å². The van der Waals surface area contributed by atoms with Crippen LogP contribution in [0, 0.1) is 0 Å². The van der Waals surface area contributed by atoms with Crippen molar-refractivity contribution < 1.29 is 26.3 Å². The summed E-state index contributed by atoms with van der Waals surface area (Å²) in [7, 11) is 1.64. The zero-order chi connectivity index (χ0) is 24.0. The quantitative estimate of drug-likeness (QED) is 0.236. The molecule has 172 valence electrons. The van der Waals surface area contributed by atoms with Crippen molar-refractivity contribution in [2.75, 3.05) is 5.75 Å². The van der Waals surface area contributed by atoms with Crippen LogP contribution in [0.4, 0.5) is 26.3 Å². The molecule has 0 amide bonds. The van der Waals surface area contributed by atoms with E-state index in [0.717, 1.165) is 24.4 Å². The molecule has 0 radical (unpaired) electrons. The van der Waals surface area contributed by atoms with E-state index in [1.807, 2.05) is 6.92 Å². The molecule has 0 fully saturated rings. The molecular formula is C22H16F6N4S. The number of fused-ring (bicyclic) bond motifs is 1. The summed E-state index contributed by atoms with van der Waals surface area (Å²) in [6, 6.07) is 7.48. The van der Waals surface area contributed by atoms with Crippen LogP contribution in [-0.4, -0.2) is 25.3 Å². The summed E-state index contributed by atoms with van der Waals surface area (Å²) < 4.78 is 79.3. The van der Waals surface area contributed by atoms with Crippen molar-refractivity contribution in [1.82, 2.24) is 19.5 Å². The molecular weight excluding hydrogens is 466 g/mol. The molecule has 0 aliphatic rings. The third-order valence-corrected chi connectivity index (χ3v) is 5.86. The van der Waals surface area contributed by atoms with Gasteiger partial charge in [-0.1, -0.05) is 19.1 Å². The molecule has 0 saturated heterocycles. The second-order valence-electron chi connectivity index (χ2n) is 7.14. The molecule has 0 N–H and O–H groups in total. The molecule has 3 aromatic heterocycles. The van der Waals surface area contributed by atoms with Gasteiger partial charge in [-0.2, -0.15) is 26.3 Å². The highest BCUT2D eigenvalue weighted by Crippen LogP contribution is 2.36. The number of pyridine rings is 2. The fraction of sp³-hybridized carbons (Fsp3) is 0.227. The normalized spacial score (nSPS) is 12.5. The first kappa shape index (κ1) is 23.1. The Morgan fingerprint density at radius 1 is 0.848 bits per heavy atom. The number of thioether (sulfide) groups is 1. The lowest BCUT2D eigenvalue weighted by atomic mass is 10.0. The Morgan fingerprint density at radius 3 is 2.12 bits per heavy atom. The number of hydrogen-bond donors (Lipinski definition) is 0. The minimum Gasteiger partial charge on any atom is -0.310 e. The van der Waals surface area contributed by atoms with Gasteiger partial charge in [-0.15, -0.1) is 11.8 Å². The van der Waals surface area contributed by atoms with Crippen molar-refractivity contribution in [2.24, 2.45) is 7.05 Å². The molecule has 0 unspecified atom stereocenters. The average Bonchev–Trinajstić information content (AvgIpc) is 3.08. The van der Waals surface area contributed by atoms with Gasteiger partial charge in [-0.25, -0.2) is 9.97 Å². The molecule has 3 heterocycles. The van der Waals surface area contributed by atoms with Crippen molar-refractivity contribution in [3.63, 3.8) is 0 Å². The number of hydrogen-bond acceptors (Lipinski definition) is 4. The molecule has 4 rings (SSSR count). The van der Waals surface area contributed by atoms with Crippen LogP contribution in [0.5, 0.6) is 0 Å². The Kier molecular flexibility index (Phi) is 5.85. The van der Waals surface area contributed by atoms with E-state index >= 15 is 0 Å². The predicted octanol–water partition coefficient (Wildman–Crippen LogP) is 6.85. The van der Waals surface area contributed by atoms with Crippen LogP contribution in [0.25, 0.3) is 33.8 Å². The third kappa shape index (κ3) is 4.54. The van der Waals surface area contributed by atoms with Gasteiger partial charge >= 0.3 is 12.4 Å². The lowest BCUT2D eigenvalue weighted by Gasteiger charge is -2.11. The Labute approximate surface area is 188 Å². The minimum absolute atomic E-state index is 0.0865. The molecule has 0 bridgehead atoms. The number of imidazole rings is 1. The monoisotopic (exact) mass is 482 g/mol. The van der Waals surface area contributed by atoms with Crippen molar-refractivity contribution in [3.05, 3.63) is 59.9 Å². The molecule has 4 aromatic rings. The smallest absolute Gasteiger partial charge is 0.310 e. The van der Waals surface area contributed by atoms with Gasteiger partial charge in [0.2, 0.25) is 0 Å². The first-order valence-corrected chi connectivity index (χ1v) is 10.7. The Balaban J connectivity index is 1.78. The van der Waals surface area contributed by atoms with Crippen LogP contribution in [0.15, 0.2) is 53.7 Å². The van der Waals surface area contributed by atoms with Crippen LogP contribution >= 0.6 is 11.8 Å². The number of aromatic nitrogens is 4. The first-order chi connectivity index (χ1) is 15.5. The molecule has 0 spiro atoms. The van der Waals surface area contributed by atoms with Crippen LogP contribution in [0.2, 0.25) is 0 Å². The zero-order valence-corrected chi connectivity index (χ0v) is 18.1. The van der Waals surface area contributed by atoms with E-state index in [4.69, 9.17) is 0 Å². The summed E-state index contributed by atoms with van der Waals surface area (Å²) >= 11 is 1.44. The summed E-state index contributed by atoms with van der Waals surface area (Å²) in [5.41, 5.74) is 0.341. The Morgan fingerprint density at radius 2 is 1.52 bits per heavy atom. The summed E-state index contributed by atoms with van der Waals surface area (Å²) in [5.74, 6) is 1.01. The van der Waals surface area contributed by atoms with Gasteiger partial charge in [0.1, 0.15) is 11.2 Å². The maximum atomic E-state index is 13.1. The fourth-order valence-corrected chi connectivity index (χ4v) is 4.13. The average molecular weight is 482 g/mol. The molecule has 0 aliphatic carbocycles. The van der Waals surface area contributed by atoms with Gasteiger partial charge in [0, 0.05) is 29.9 Å². The van der Waals surface area contributed by atoms with Crippen LogP contribution < -0.4 is 0 Å². The van der Waals surface area contributed by atoms with E-state index in [0.29, 0.717) is 33.3 Å². The number of benzene rings is 1. The lowest BCUT2D eigenvalue weighted by Crippen LogP contribution is -2.05. The highest BCUT2D eigenvalue weighted by Gasteiger charge is 2.32. The van der Waals surface area contributed by atoms with E-state index in [2.05, 4.69) is 15.0 Å². The van der Waals surface area contributed by atoms with Crippen molar-refractivity contribution in [1.29, 1.82) is 0 Å². The molecule has 33 heavy (non-hydrogen) atoms. The van der Waals surface area contributed by atoms with E-state index in [1.54, 1.807) is 17.7 Å². The molecule has 1 aromatic carbocycles. The number of alkyl halides is 6. The minimum atomic E-state index is -4.54. The second-order valence-corrected chi connectivity index (χ2v) is 8.44. The summed E-state index contributed by atoms with van der Waals surface area (Å²) in [6.45, 7) is 1.92. The topological polar surface area (TPSA) is 43.6 Å².